The predicted octanol–water partition coefficient (Wildman–Crippen LogP) is 3.75. The smallest absolute Gasteiger partial charge is 0.0756 e. The Morgan fingerprint density at radius 3 is 2.94 bits per heavy atom. The van der Waals surface area contributed by atoms with Crippen molar-refractivity contribution in [3.05, 3.63) is 22.9 Å². The number of aromatic nitrogens is 1. The van der Waals surface area contributed by atoms with Gasteiger partial charge in [-0.05, 0) is 47.7 Å². The van der Waals surface area contributed by atoms with Crippen LogP contribution in [-0.2, 0) is 4.74 Å². The van der Waals surface area contributed by atoms with Gasteiger partial charge in [-0.15, -0.1) is 0 Å². The van der Waals surface area contributed by atoms with E-state index in [1.807, 2.05) is 12.3 Å². The van der Waals surface area contributed by atoms with E-state index in [-0.39, 0.29) is 5.60 Å². The Balaban J connectivity index is 1.52. The van der Waals surface area contributed by atoms with Crippen molar-refractivity contribution in [2.24, 2.45) is 0 Å². The van der Waals surface area contributed by atoms with Gasteiger partial charge in [0, 0.05) is 17.2 Å². The number of nitrogens with zero attached hydrogens (tertiary/aromatic N) is 1. The summed E-state index contributed by atoms with van der Waals surface area (Å²) in [6.45, 7) is 0.889. The molecule has 0 amide bonds. The molecule has 1 saturated heterocycles. The highest BCUT2D eigenvalue weighted by atomic mass is 79.9. The molecule has 0 bridgehead atoms. The van der Waals surface area contributed by atoms with E-state index in [2.05, 4.69) is 26.2 Å². The van der Waals surface area contributed by atoms with Gasteiger partial charge < -0.3 is 10.1 Å². The van der Waals surface area contributed by atoms with Gasteiger partial charge in [0.1, 0.15) is 0 Å². The Hall–Kier alpha value is -0.610. The second-order valence-corrected chi connectivity index (χ2v) is 6.36. The molecule has 3 rings (SSSR count). The first kappa shape index (κ1) is 12.4. The third-order valence-corrected chi connectivity index (χ3v) is 4.53. The molecule has 1 unspecified atom stereocenters. The molecule has 2 heterocycles. The Morgan fingerprint density at radius 2 is 2.17 bits per heavy atom. The summed E-state index contributed by atoms with van der Waals surface area (Å²) in [7, 11) is 0. The molecule has 98 valence electrons. The quantitative estimate of drug-likeness (QED) is 0.923. The van der Waals surface area contributed by atoms with Crippen LogP contribution in [0.5, 0.6) is 0 Å². The minimum Gasteiger partial charge on any atom is -0.381 e. The van der Waals surface area contributed by atoms with Gasteiger partial charge in [-0.25, -0.2) is 0 Å². The molecule has 3 nitrogen and oxygen atoms in total. The first-order chi connectivity index (χ1) is 8.76. The summed E-state index contributed by atoms with van der Waals surface area (Å²) in [5, 5.41) is 3.42. The standard InChI is InChI=1S/C14H19BrN2O/c15-11-7-12(9-16-8-11)17-10-13-3-6-14(18-13)4-1-2-5-14/h7-9,13,17H,1-6,10H2. The second-order valence-electron chi connectivity index (χ2n) is 5.44. The van der Waals surface area contributed by atoms with Crippen LogP contribution in [0.15, 0.2) is 22.9 Å². The SMILES string of the molecule is Brc1cncc(NCC2CCC3(CCCC3)O2)c1. The van der Waals surface area contributed by atoms with Gasteiger partial charge in [0.15, 0.2) is 0 Å². The van der Waals surface area contributed by atoms with E-state index in [0.717, 1.165) is 16.7 Å². The maximum absolute atomic E-state index is 6.27. The van der Waals surface area contributed by atoms with Crippen molar-refractivity contribution in [3.8, 4) is 0 Å². The summed E-state index contributed by atoms with van der Waals surface area (Å²) in [6, 6.07) is 2.05. The summed E-state index contributed by atoms with van der Waals surface area (Å²) in [5.74, 6) is 0. The molecule has 1 spiro atoms. The normalized spacial score (nSPS) is 25.7. The molecule has 1 N–H and O–H groups in total. The van der Waals surface area contributed by atoms with Gasteiger partial charge in [0.25, 0.3) is 0 Å². The van der Waals surface area contributed by atoms with Crippen molar-refractivity contribution in [3.63, 3.8) is 0 Å². The molecule has 1 aliphatic heterocycles. The lowest BCUT2D eigenvalue weighted by molar-refractivity contribution is -0.0307. The van der Waals surface area contributed by atoms with Gasteiger partial charge >= 0.3 is 0 Å². The minimum absolute atomic E-state index is 0.238. The minimum atomic E-state index is 0.238. The lowest BCUT2D eigenvalue weighted by Gasteiger charge is -2.24. The molecule has 1 aromatic rings. The average Bonchev–Trinajstić information content (AvgIpc) is 2.98. The molecule has 1 aliphatic carbocycles. The number of pyridine rings is 1. The summed E-state index contributed by atoms with van der Waals surface area (Å²) in [5.41, 5.74) is 1.29. The van der Waals surface area contributed by atoms with E-state index in [1.54, 1.807) is 6.20 Å². The van der Waals surface area contributed by atoms with Gasteiger partial charge in [-0.2, -0.15) is 0 Å². The second kappa shape index (κ2) is 5.17. The number of ether oxygens (including phenoxy) is 1. The number of hydrogen-bond donors (Lipinski definition) is 1. The average molecular weight is 311 g/mol. The highest BCUT2D eigenvalue weighted by Gasteiger charge is 2.41. The monoisotopic (exact) mass is 310 g/mol. The molecule has 18 heavy (non-hydrogen) atoms. The van der Waals surface area contributed by atoms with E-state index < -0.39 is 0 Å². The fraction of sp³-hybridized carbons (Fsp3) is 0.643. The number of anilines is 1. The van der Waals surface area contributed by atoms with E-state index in [0.29, 0.717) is 6.10 Å². The Kier molecular flexibility index (Phi) is 3.57. The Morgan fingerprint density at radius 1 is 1.33 bits per heavy atom. The zero-order valence-electron chi connectivity index (χ0n) is 10.5. The van der Waals surface area contributed by atoms with Crippen LogP contribution in [0.3, 0.4) is 0 Å². The number of nitrogens with one attached hydrogen (secondary N) is 1. The van der Waals surface area contributed by atoms with Gasteiger partial charge in [0.05, 0.1) is 23.6 Å². The van der Waals surface area contributed by atoms with Crippen molar-refractivity contribution in [2.75, 3.05) is 11.9 Å². The van der Waals surface area contributed by atoms with Gasteiger partial charge in [0.2, 0.25) is 0 Å². The number of halogens is 1. The van der Waals surface area contributed by atoms with Crippen LogP contribution in [0.4, 0.5) is 5.69 Å². The van der Waals surface area contributed by atoms with Crippen LogP contribution in [-0.4, -0.2) is 23.2 Å². The maximum Gasteiger partial charge on any atom is 0.0756 e. The molecule has 1 atom stereocenters. The summed E-state index contributed by atoms with van der Waals surface area (Å²) in [6.07, 6.45) is 11.7. The van der Waals surface area contributed by atoms with Crippen molar-refractivity contribution < 1.29 is 4.74 Å². The lowest BCUT2D eigenvalue weighted by atomic mass is 9.98. The molecular weight excluding hydrogens is 292 g/mol. The van der Waals surface area contributed by atoms with Crippen LogP contribution >= 0.6 is 15.9 Å². The van der Waals surface area contributed by atoms with E-state index in [1.165, 1.54) is 38.5 Å². The first-order valence-corrected chi connectivity index (χ1v) is 7.57. The Labute approximate surface area is 116 Å². The van der Waals surface area contributed by atoms with Crippen molar-refractivity contribution in [2.45, 2.75) is 50.2 Å². The van der Waals surface area contributed by atoms with Crippen molar-refractivity contribution >= 4 is 21.6 Å². The molecule has 0 aromatic carbocycles. The van der Waals surface area contributed by atoms with E-state index in [9.17, 15) is 0 Å². The van der Waals surface area contributed by atoms with Crippen molar-refractivity contribution in [1.82, 2.24) is 4.98 Å². The third-order valence-electron chi connectivity index (χ3n) is 4.09. The van der Waals surface area contributed by atoms with Crippen LogP contribution in [0.1, 0.15) is 38.5 Å². The fourth-order valence-electron chi connectivity index (χ4n) is 3.17. The van der Waals surface area contributed by atoms with Gasteiger partial charge in [-0.1, -0.05) is 12.8 Å². The zero-order chi connectivity index (χ0) is 12.4. The van der Waals surface area contributed by atoms with Crippen LogP contribution < -0.4 is 5.32 Å². The molecular formula is C14H19BrN2O. The first-order valence-electron chi connectivity index (χ1n) is 6.78. The number of hydrogen-bond acceptors (Lipinski definition) is 3. The molecule has 4 heteroatoms. The van der Waals surface area contributed by atoms with Gasteiger partial charge in [-0.3, -0.25) is 4.98 Å². The third kappa shape index (κ3) is 2.69. The molecule has 2 fully saturated rings. The summed E-state index contributed by atoms with van der Waals surface area (Å²) < 4.78 is 7.27. The predicted molar refractivity (Wildman–Crippen MR) is 75.7 cm³/mol. The lowest BCUT2D eigenvalue weighted by Crippen LogP contribution is -2.27. The van der Waals surface area contributed by atoms with E-state index in [4.69, 9.17) is 4.74 Å². The summed E-state index contributed by atoms with van der Waals surface area (Å²) in [4.78, 5) is 4.15. The van der Waals surface area contributed by atoms with E-state index >= 15 is 0 Å². The Bertz CT molecular complexity index is 418. The highest BCUT2D eigenvalue weighted by Crippen LogP contribution is 2.43. The zero-order valence-corrected chi connectivity index (χ0v) is 12.1. The summed E-state index contributed by atoms with van der Waals surface area (Å²) >= 11 is 3.43. The topological polar surface area (TPSA) is 34.2 Å². The largest absolute Gasteiger partial charge is 0.381 e. The molecule has 1 saturated carbocycles. The maximum atomic E-state index is 6.27. The number of rotatable bonds is 3. The highest BCUT2D eigenvalue weighted by molar-refractivity contribution is 9.10. The van der Waals surface area contributed by atoms with Crippen molar-refractivity contribution in [1.29, 1.82) is 0 Å². The molecule has 1 aromatic heterocycles. The van der Waals surface area contributed by atoms with Crippen LogP contribution in [0.25, 0.3) is 0 Å². The molecule has 0 radical (unpaired) electrons. The van der Waals surface area contributed by atoms with Crippen LogP contribution in [0, 0.1) is 0 Å². The fourth-order valence-corrected chi connectivity index (χ4v) is 3.53. The molecule has 2 aliphatic rings. The van der Waals surface area contributed by atoms with Crippen LogP contribution in [0.2, 0.25) is 0 Å².